The van der Waals surface area contributed by atoms with Gasteiger partial charge in [0.15, 0.2) is 0 Å². The molecule has 1 aromatic heterocycles. The first-order valence-corrected chi connectivity index (χ1v) is 8.88. The average Bonchev–Trinajstić information content (AvgIpc) is 2.98. The van der Waals surface area contributed by atoms with Gasteiger partial charge in [-0.25, -0.2) is 0 Å². The van der Waals surface area contributed by atoms with Crippen LogP contribution < -0.4 is 0 Å². The van der Waals surface area contributed by atoms with Crippen molar-refractivity contribution in [3.8, 4) is 0 Å². The number of rotatable bonds is 3. The summed E-state index contributed by atoms with van der Waals surface area (Å²) in [7, 11) is 0. The summed E-state index contributed by atoms with van der Waals surface area (Å²) in [5, 5.41) is 4.14. The van der Waals surface area contributed by atoms with E-state index in [1.165, 1.54) is 5.56 Å². The standard InChI is InChI=1S/C20H27N3O2/c1-15-17(18(21-25-15)20(2,3)4)19(24)23-12-10-22(11-13-23)14-16-8-6-5-7-9-16/h5-9H,10-14H2,1-4H3. The molecular weight excluding hydrogens is 314 g/mol. The molecule has 5 heteroatoms. The third-order valence-electron chi connectivity index (χ3n) is 4.70. The third-order valence-corrected chi connectivity index (χ3v) is 4.70. The first-order valence-electron chi connectivity index (χ1n) is 8.88. The van der Waals surface area contributed by atoms with Crippen molar-refractivity contribution in [3.63, 3.8) is 0 Å². The summed E-state index contributed by atoms with van der Waals surface area (Å²) in [6.45, 7) is 12.2. The molecule has 0 saturated carbocycles. The van der Waals surface area contributed by atoms with Crippen LogP contribution in [0.5, 0.6) is 0 Å². The lowest BCUT2D eigenvalue weighted by molar-refractivity contribution is 0.0624. The molecule has 1 aromatic carbocycles. The lowest BCUT2D eigenvalue weighted by Gasteiger charge is -2.35. The van der Waals surface area contributed by atoms with Gasteiger partial charge in [-0.3, -0.25) is 9.69 Å². The van der Waals surface area contributed by atoms with Gasteiger partial charge in [0.1, 0.15) is 17.0 Å². The molecule has 2 heterocycles. The molecule has 134 valence electrons. The molecule has 0 aliphatic carbocycles. The first-order chi connectivity index (χ1) is 11.9. The highest BCUT2D eigenvalue weighted by molar-refractivity contribution is 5.96. The Kier molecular flexibility index (Phi) is 4.95. The molecule has 0 unspecified atom stereocenters. The fourth-order valence-electron chi connectivity index (χ4n) is 3.24. The Balaban J connectivity index is 1.65. The Hall–Kier alpha value is -2.14. The zero-order valence-electron chi connectivity index (χ0n) is 15.6. The van der Waals surface area contributed by atoms with Crippen molar-refractivity contribution in [2.45, 2.75) is 39.7 Å². The second-order valence-electron chi connectivity index (χ2n) is 7.77. The number of nitrogens with zero attached hydrogens (tertiary/aromatic N) is 3. The predicted molar refractivity (Wildman–Crippen MR) is 97.6 cm³/mol. The van der Waals surface area contributed by atoms with E-state index in [-0.39, 0.29) is 11.3 Å². The number of carbonyl (C=O) groups excluding carboxylic acids is 1. The lowest BCUT2D eigenvalue weighted by Crippen LogP contribution is -2.48. The van der Waals surface area contributed by atoms with E-state index in [0.717, 1.165) is 38.4 Å². The molecule has 25 heavy (non-hydrogen) atoms. The van der Waals surface area contributed by atoms with Crippen molar-refractivity contribution in [3.05, 3.63) is 52.9 Å². The maximum absolute atomic E-state index is 13.0. The highest BCUT2D eigenvalue weighted by atomic mass is 16.5. The van der Waals surface area contributed by atoms with Gasteiger partial charge in [-0.2, -0.15) is 0 Å². The van der Waals surface area contributed by atoms with Crippen molar-refractivity contribution >= 4 is 5.91 Å². The van der Waals surface area contributed by atoms with Crippen LogP contribution in [0.1, 0.15) is 48.1 Å². The summed E-state index contributed by atoms with van der Waals surface area (Å²) in [5.74, 6) is 0.657. The van der Waals surface area contributed by atoms with Crippen LogP contribution in [0.15, 0.2) is 34.9 Å². The van der Waals surface area contributed by atoms with Gasteiger partial charge in [0.25, 0.3) is 5.91 Å². The van der Waals surface area contributed by atoms with Gasteiger partial charge in [-0.15, -0.1) is 0 Å². The Morgan fingerprint density at radius 2 is 1.76 bits per heavy atom. The molecular formula is C20H27N3O2. The molecule has 1 aliphatic rings. The molecule has 5 nitrogen and oxygen atoms in total. The Bertz CT molecular complexity index is 723. The molecule has 2 aromatic rings. The topological polar surface area (TPSA) is 49.6 Å². The normalized spacial score (nSPS) is 16.2. The minimum Gasteiger partial charge on any atom is -0.361 e. The van der Waals surface area contributed by atoms with Crippen LogP contribution in [0.2, 0.25) is 0 Å². The maximum atomic E-state index is 13.0. The van der Waals surface area contributed by atoms with Crippen LogP contribution in [-0.4, -0.2) is 47.0 Å². The molecule has 0 radical (unpaired) electrons. The Morgan fingerprint density at radius 3 is 2.36 bits per heavy atom. The summed E-state index contributed by atoms with van der Waals surface area (Å²) in [6, 6.07) is 10.5. The van der Waals surface area contributed by atoms with E-state index in [4.69, 9.17) is 4.52 Å². The number of benzene rings is 1. The van der Waals surface area contributed by atoms with Gasteiger partial charge in [-0.05, 0) is 12.5 Å². The first kappa shape index (κ1) is 17.7. The number of hydrogen-bond donors (Lipinski definition) is 0. The second kappa shape index (κ2) is 7.00. The number of aryl methyl sites for hydroxylation is 1. The smallest absolute Gasteiger partial charge is 0.259 e. The number of hydrogen-bond acceptors (Lipinski definition) is 4. The van der Waals surface area contributed by atoms with Crippen LogP contribution in [0.4, 0.5) is 0 Å². The van der Waals surface area contributed by atoms with E-state index < -0.39 is 0 Å². The van der Waals surface area contributed by atoms with Gasteiger partial charge in [0.2, 0.25) is 0 Å². The van der Waals surface area contributed by atoms with Crippen LogP contribution in [0, 0.1) is 6.92 Å². The Morgan fingerprint density at radius 1 is 1.12 bits per heavy atom. The van der Waals surface area contributed by atoms with Crippen molar-refractivity contribution in [1.29, 1.82) is 0 Å². The zero-order chi connectivity index (χ0) is 18.0. The zero-order valence-corrected chi connectivity index (χ0v) is 15.6. The molecule has 0 bridgehead atoms. The maximum Gasteiger partial charge on any atom is 0.259 e. The average molecular weight is 341 g/mol. The van der Waals surface area contributed by atoms with Gasteiger partial charge in [0.05, 0.1) is 0 Å². The highest BCUT2D eigenvalue weighted by Crippen LogP contribution is 2.28. The number of carbonyl (C=O) groups is 1. The fourth-order valence-corrected chi connectivity index (χ4v) is 3.24. The molecule has 1 saturated heterocycles. The van der Waals surface area contributed by atoms with E-state index in [9.17, 15) is 4.79 Å². The minimum absolute atomic E-state index is 0.0445. The van der Waals surface area contributed by atoms with E-state index in [1.54, 1.807) is 0 Å². The van der Waals surface area contributed by atoms with Crippen molar-refractivity contribution in [2.75, 3.05) is 26.2 Å². The van der Waals surface area contributed by atoms with E-state index in [1.807, 2.05) is 17.9 Å². The molecule has 1 aliphatic heterocycles. The van der Waals surface area contributed by atoms with E-state index in [0.29, 0.717) is 11.3 Å². The SMILES string of the molecule is Cc1onc(C(C)(C)C)c1C(=O)N1CCN(Cc2ccccc2)CC1. The minimum atomic E-state index is -0.210. The monoisotopic (exact) mass is 341 g/mol. The summed E-state index contributed by atoms with van der Waals surface area (Å²) >= 11 is 0. The lowest BCUT2D eigenvalue weighted by atomic mass is 9.88. The van der Waals surface area contributed by atoms with Crippen molar-refractivity contribution < 1.29 is 9.32 Å². The van der Waals surface area contributed by atoms with Crippen molar-refractivity contribution in [2.24, 2.45) is 0 Å². The van der Waals surface area contributed by atoms with E-state index in [2.05, 4.69) is 55.1 Å². The summed E-state index contributed by atoms with van der Waals surface area (Å²) in [6.07, 6.45) is 0. The number of aromatic nitrogens is 1. The molecule has 1 fully saturated rings. The Labute approximate surface area is 149 Å². The number of amides is 1. The summed E-state index contributed by atoms with van der Waals surface area (Å²) < 4.78 is 5.33. The molecule has 0 atom stereocenters. The van der Waals surface area contributed by atoms with E-state index >= 15 is 0 Å². The molecule has 0 N–H and O–H groups in total. The summed E-state index contributed by atoms with van der Waals surface area (Å²) in [5.41, 5.74) is 2.50. The second-order valence-corrected chi connectivity index (χ2v) is 7.77. The largest absolute Gasteiger partial charge is 0.361 e. The molecule has 1 amide bonds. The van der Waals surface area contributed by atoms with Gasteiger partial charge >= 0.3 is 0 Å². The third kappa shape index (κ3) is 3.93. The van der Waals surface area contributed by atoms with Crippen LogP contribution in [0.3, 0.4) is 0 Å². The van der Waals surface area contributed by atoms with Crippen LogP contribution in [-0.2, 0) is 12.0 Å². The van der Waals surface area contributed by atoms with Gasteiger partial charge < -0.3 is 9.42 Å². The number of piperazine rings is 1. The van der Waals surface area contributed by atoms with Crippen molar-refractivity contribution in [1.82, 2.24) is 15.0 Å². The van der Waals surface area contributed by atoms with Crippen LogP contribution in [0.25, 0.3) is 0 Å². The van der Waals surface area contributed by atoms with Gasteiger partial charge in [-0.1, -0.05) is 56.3 Å². The molecule has 0 spiro atoms. The molecule has 3 rings (SSSR count). The summed E-state index contributed by atoms with van der Waals surface area (Å²) in [4.78, 5) is 17.3. The quantitative estimate of drug-likeness (QED) is 0.860. The van der Waals surface area contributed by atoms with Crippen LogP contribution >= 0.6 is 0 Å². The predicted octanol–water partition coefficient (Wildman–Crippen LogP) is 3.24. The van der Waals surface area contributed by atoms with Gasteiger partial charge in [0, 0.05) is 38.1 Å². The highest BCUT2D eigenvalue weighted by Gasteiger charge is 2.32. The fraction of sp³-hybridized carbons (Fsp3) is 0.500.